The molecule has 3 unspecified atom stereocenters. The normalized spacial score (nSPS) is 24.8. The predicted octanol–water partition coefficient (Wildman–Crippen LogP) is 2.20. The topological polar surface area (TPSA) is 66.5 Å². The van der Waals surface area contributed by atoms with E-state index in [0.717, 1.165) is 12.0 Å². The van der Waals surface area contributed by atoms with Gasteiger partial charge in [-0.1, -0.05) is 48.5 Å². The van der Waals surface area contributed by atoms with Crippen LogP contribution in [0.1, 0.15) is 18.4 Å². The van der Waals surface area contributed by atoms with Gasteiger partial charge in [-0.15, -0.1) is 0 Å². The van der Waals surface area contributed by atoms with Gasteiger partial charge in [0, 0.05) is 18.6 Å². The summed E-state index contributed by atoms with van der Waals surface area (Å²) in [5, 5.41) is 0. The molecule has 0 aromatic heterocycles. The van der Waals surface area contributed by atoms with Crippen molar-refractivity contribution in [2.75, 3.05) is 6.54 Å². The molecular weight excluding hydrogens is 348 g/mol. The molecule has 1 aliphatic carbocycles. The zero-order valence-electron chi connectivity index (χ0n) is 14.4. The van der Waals surface area contributed by atoms with Crippen LogP contribution in [-0.2, 0) is 21.2 Å². The van der Waals surface area contributed by atoms with E-state index in [1.54, 1.807) is 30.3 Å². The van der Waals surface area contributed by atoms with Gasteiger partial charge in [0.25, 0.3) is 0 Å². The lowest BCUT2D eigenvalue weighted by molar-refractivity contribution is -0.132. The predicted molar refractivity (Wildman–Crippen MR) is 98.9 cm³/mol. The molecule has 2 aromatic carbocycles. The Kier molecular flexibility index (Phi) is 4.54. The number of rotatable bonds is 5. The third-order valence-corrected chi connectivity index (χ3v) is 6.93. The first-order chi connectivity index (χ1) is 12.5. The van der Waals surface area contributed by atoms with E-state index < -0.39 is 10.0 Å². The second-order valence-electron chi connectivity index (χ2n) is 7.13. The molecule has 1 saturated carbocycles. The van der Waals surface area contributed by atoms with E-state index in [0.29, 0.717) is 24.3 Å². The van der Waals surface area contributed by atoms with Gasteiger partial charge in [-0.3, -0.25) is 4.79 Å². The molecule has 5 nitrogen and oxygen atoms in total. The summed E-state index contributed by atoms with van der Waals surface area (Å²) >= 11 is 0. The van der Waals surface area contributed by atoms with Gasteiger partial charge in [0.2, 0.25) is 15.9 Å². The molecule has 26 heavy (non-hydrogen) atoms. The first kappa shape index (κ1) is 17.2. The van der Waals surface area contributed by atoms with Gasteiger partial charge in [-0.05, 0) is 36.5 Å². The molecule has 6 heteroatoms. The molecule has 2 aliphatic rings. The van der Waals surface area contributed by atoms with Crippen LogP contribution in [0.25, 0.3) is 0 Å². The molecule has 1 aliphatic heterocycles. The number of benzene rings is 2. The summed E-state index contributed by atoms with van der Waals surface area (Å²) in [5.74, 6) is 0.325. The van der Waals surface area contributed by atoms with E-state index in [2.05, 4.69) is 4.72 Å². The fraction of sp³-hybridized carbons (Fsp3) is 0.350. The van der Waals surface area contributed by atoms with Gasteiger partial charge in [0.15, 0.2) is 0 Å². The van der Waals surface area contributed by atoms with Crippen molar-refractivity contribution < 1.29 is 13.2 Å². The minimum absolute atomic E-state index is 0.0917. The zero-order chi connectivity index (χ0) is 18.1. The molecule has 1 N–H and O–H groups in total. The smallest absolute Gasteiger partial charge is 0.240 e. The molecular formula is C20H22N2O3S. The highest BCUT2D eigenvalue weighted by molar-refractivity contribution is 7.89. The Morgan fingerprint density at radius 3 is 2.27 bits per heavy atom. The van der Waals surface area contributed by atoms with Crippen molar-refractivity contribution in [2.45, 2.75) is 36.2 Å². The van der Waals surface area contributed by atoms with Gasteiger partial charge < -0.3 is 4.90 Å². The number of sulfonamides is 1. The van der Waals surface area contributed by atoms with E-state index in [4.69, 9.17) is 0 Å². The van der Waals surface area contributed by atoms with Crippen molar-refractivity contribution in [3.05, 3.63) is 66.2 Å². The number of nitrogens with one attached hydrogen (secondary N) is 1. The fourth-order valence-electron chi connectivity index (χ4n) is 4.14. The number of piperidine rings is 1. The number of fused-ring (bicyclic) bond motifs is 2. The molecule has 136 valence electrons. The van der Waals surface area contributed by atoms with Crippen LogP contribution in [0.15, 0.2) is 65.6 Å². The van der Waals surface area contributed by atoms with E-state index in [9.17, 15) is 13.2 Å². The molecule has 2 bridgehead atoms. The van der Waals surface area contributed by atoms with Crippen LogP contribution in [-0.4, -0.2) is 37.9 Å². The van der Waals surface area contributed by atoms with Gasteiger partial charge in [0.1, 0.15) is 0 Å². The largest absolute Gasteiger partial charge is 0.339 e. The Hall–Kier alpha value is -2.18. The summed E-state index contributed by atoms with van der Waals surface area (Å²) in [6.45, 7) is 0.637. The highest BCUT2D eigenvalue weighted by Gasteiger charge is 2.47. The van der Waals surface area contributed by atoms with Crippen LogP contribution in [0.4, 0.5) is 0 Å². The van der Waals surface area contributed by atoms with Gasteiger partial charge in [-0.2, -0.15) is 0 Å². The SMILES string of the molecule is O=C(Cc1ccccc1)N1CC2CC1CC2NS(=O)(=O)c1ccccc1. The van der Waals surface area contributed by atoms with Crippen molar-refractivity contribution in [3.8, 4) is 0 Å². The Morgan fingerprint density at radius 2 is 1.65 bits per heavy atom. The summed E-state index contributed by atoms with van der Waals surface area (Å²) in [7, 11) is -3.51. The van der Waals surface area contributed by atoms with Gasteiger partial charge >= 0.3 is 0 Å². The summed E-state index contributed by atoms with van der Waals surface area (Å²) in [6.07, 6.45) is 1.98. The maximum absolute atomic E-state index is 12.6. The van der Waals surface area contributed by atoms with Crippen LogP contribution in [0, 0.1) is 5.92 Å². The number of carbonyl (C=O) groups excluding carboxylic acids is 1. The quantitative estimate of drug-likeness (QED) is 0.877. The molecule has 2 aromatic rings. The highest BCUT2D eigenvalue weighted by Crippen LogP contribution is 2.38. The summed E-state index contributed by atoms with van der Waals surface area (Å²) in [6, 6.07) is 18.2. The van der Waals surface area contributed by atoms with E-state index >= 15 is 0 Å². The van der Waals surface area contributed by atoms with E-state index in [1.165, 1.54) is 0 Å². The highest BCUT2D eigenvalue weighted by atomic mass is 32.2. The van der Waals surface area contributed by atoms with Gasteiger partial charge in [-0.25, -0.2) is 13.1 Å². The number of hydrogen-bond donors (Lipinski definition) is 1. The number of amides is 1. The Bertz CT molecular complexity index is 884. The Morgan fingerprint density at radius 1 is 1.00 bits per heavy atom. The first-order valence-corrected chi connectivity index (χ1v) is 10.4. The number of likely N-dealkylation sites (tertiary alicyclic amines) is 1. The average molecular weight is 370 g/mol. The Balaban J connectivity index is 1.39. The van der Waals surface area contributed by atoms with E-state index in [1.807, 2.05) is 35.2 Å². The van der Waals surface area contributed by atoms with Crippen molar-refractivity contribution in [2.24, 2.45) is 5.92 Å². The lowest BCUT2D eigenvalue weighted by Gasteiger charge is -2.32. The fourth-order valence-corrected chi connectivity index (χ4v) is 5.48. The average Bonchev–Trinajstić information content (AvgIpc) is 3.23. The second kappa shape index (κ2) is 6.85. The summed E-state index contributed by atoms with van der Waals surface area (Å²) < 4.78 is 27.9. The summed E-state index contributed by atoms with van der Waals surface area (Å²) in [4.78, 5) is 14.8. The van der Waals surface area contributed by atoms with Crippen LogP contribution in [0.2, 0.25) is 0 Å². The van der Waals surface area contributed by atoms with Crippen molar-refractivity contribution in [1.29, 1.82) is 0 Å². The van der Waals surface area contributed by atoms with Crippen molar-refractivity contribution in [1.82, 2.24) is 9.62 Å². The van der Waals surface area contributed by atoms with Crippen LogP contribution in [0.5, 0.6) is 0 Å². The molecule has 0 spiro atoms. The standard InChI is InChI=1S/C20H22N2O3S/c23-20(11-15-7-3-1-4-8-15)22-14-16-12-17(22)13-19(16)21-26(24,25)18-9-5-2-6-10-18/h1-10,16-17,19,21H,11-14H2. The van der Waals surface area contributed by atoms with Crippen LogP contribution >= 0.6 is 0 Å². The maximum atomic E-state index is 12.6. The third kappa shape index (κ3) is 3.39. The van der Waals surface area contributed by atoms with Crippen LogP contribution < -0.4 is 4.72 Å². The third-order valence-electron chi connectivity index (χ3n) is 5.42. The lowest BCUT2D eigenvalue weighted by Crippen LogP contribution is -2.48. The zero-order valence-corrected chi connectivity index (χ0v) is 15.2. The molecule has 1 heterocycles. The molecule has 1 saturated heterocycles. The minimum Gasteiger partial charge on any atom is -0.339 e. The Labute approximate surface area is 154 Å². The molecule has 1 amide bonds. The van der Waals surface area contributed by atoms with Gasteiger partial charge in [0.05, 0.1) is 11.3 Å². The number of carbonyl (C=O) groups is 1. The molecule has 2 fully saturated rings. The lowest BCUT2D eigenvalue weighted by atomic mass is 10.0. The molecule has 0 radical (unpaired) electrons. The summed E-state index contributed by atoms with van der Waals surface area (Å²) in [5.41, 5.74) is 1.02. The van der Waals surface area contributed by atoms with Crippen molar-refractivity contribution in [3.63, 3.8) is 0 Å². The molecule has 3 atom stereocenters. The second-order valence-corrected chi connectivity index (χ2v) is 8.85. The van der Waals surface area contributed by atoms with Crippen molar-refractivity contribution >= 4 is 15.9 Å². The first-order valence-electron chi connectivity index (χ1n) is 8.94. The number of nitrogens with zero attached hydrogens (tertiary/aromatic N) is 1. The monoisotopic (exact) mass is 370 g/mol. The number of hydrogen-bond acceptors (Lipinski definition) is 3. The van der Waals surface area contributed by atoms with Crippen LogP contribution in [0.3, 0.4) is 0 Å². The molecule has 4 rings (SSSR count). The van der Waals surface area contributed by atoms with E-state index in [-0.39, 0.29) is 23.9 Å². The maximum Gasteiger partial charge on any atom is 0.240 e. The minimum atomic E-state index is -3.51.